The third kappa shape index (κ3) is 3.08. The highest BCUT2D eigenvalue weighted by Crippen LogP contribution is 2.20. The Balaban J connectivity index is 2.13. The monoisotopic (exact) mass is 259 g/mol. The van der Waals surface area contributed by atoms with Gasteiger partial charge in [-0.3, -0.25) is 4.79 Å². The molecule has 0 saturated heterocycles. The summed E-state index contributed by atoms with van der Waals surface area (Å²) in [6.45, 7) is 7.07. The van der Waals surface area contributed by atoms with Crippen LogP contribution in [0.4, 0.5) is 5.69 Å². The molecule has 0 unspecified atom stereocenters. The lowest BCUT2D eigenvalue weighted by Gasteiger charge is -2.22. The van der Waals surface area contributed by atoms with Crippen LogP contribution in [-0.4, -0.2) is 17.4 Å². The maximum Gasteiger partial charge on any atom is 0.267 e. The van der Waals surface area contributed by atoms with Crippen LogP contribution in [0.5, 0.6) is 0 Å². The summed E-state index contributed by atoms with van der Waals surface area (Å²) in [5, 5.41) is 3.92. The van der Waals surface area contributed by atoms with Gasteiger partial charge in [0.15, 0.2) is 0 Å². The van der Waals surface area contributed by atoms with E-state index in [0.717, 1.165) is 17.3 Å². The van der Waals surface area contributed by atoms with Crippen molar-refractivity contribution >= 4 is 22.5 Å². The number of H-pyrrole nitrogens is 1. The molecule has 1 aromatic carbocycles. The van der Waals surface area contributed by atoms with Crippen LogP contribution in [-0.2, 0) is 0 Å². The number of hydrogen-bond donors (Lipinski definition) is 3. The van der Waals surface area contributed by atoms with Gasteiger partial charge in [-0.15, -0.1) is 0 Å². The van der Waals surface area contributed by atoms with E-state index in [-0.39, 0.29) is 11.3 Å². The number of rotatable bonds is 4. The van der Waals surface area contributed by atoms with Gasteiger partial charge in [0.2, 0.25) is 0 Å². The molecule has 2 aromatic rings. The van der Waals surface area contributed by atoms with Crippen molar-refractivity contribution in [3.63, 3.8) is 0 Å². The fourth-order valence-electron chi connectivity index (χ4n) is 1.81. The van der Waals surface area contributed by atoms with Gasteiger partial charge >= 0.3 is 0 Å². The molecule has 0 aliphatic carbocycles. The molecule has 19 heavy (non-hydrogen) atoms. The number of carbonyl (C=O) groups excluding carboxylic acids is 1. The van der Waals surface area contributed by atoms with E-state index in [2.05, 4.69) is 31.1 Å². The zero-order valence-corrected chi connectivity index (χ0v) is 11.7. The first-order valence-electron chi connectivity index (χ1n) is 6.58. The zero-order valence-electron chi connectivity index (χ0n) is 11.7. The molecule has 0 radical (unpaired) electrons. The summed E-state index contributed by atoms with van der Waals surface area (Å²) < 4.78 is 0. The van der Waals surface area contributed by atoms with Gasteiger partial charge in [-0.1, -0.05) is 20.8 Å². The molecule has 1 aromatic heterocycles. The van der Waals surface area contributed by atoms with E-state index >= 15 is 0 Å². The SMILES string of the molecule is CCC(C)(C)CNC(=O)c1cc2cc(N)ccc2[nH]1. The molecule has 0 spiro atoms. The molecule has 102 valence electrons. The standard InChI is InChI=1S/C15H21N3O/c1-4-15(2,3)9-17-14(19)13-8-10-7-11(16)5-6-12(10)18-13/h5-8,18H,4,9,16H2,1-3H3,(H,17,19). The van der Waals surface area contributed by atoms with Crippen molar-refractivity contribution < 1.29 is 4.79 Å². The highest BCUT2D eigenvalue weighted by molar-refractivity contribution is 5.98. The Morgan fingerprint density at radius 3 is 2.79 bits per heavy atom. The lowest BCUT2D eigenvalue weighted by Crippen LogP contribution is -2.33. The van der Waals surface area contributed by atoms with Crippen molar-refractivity contribution in [2.45, 2.75) is 27.2 Å². The van der Waals surface area contributed by atoms with Crippen molar-refractivity contribution in [1.82, 2.24) is 10.3 Å². The second kappa shape index (κ2) is 4.96. The van der Waals surface area contributed by atoms with E-state index in [1.54, 1.807) is 0 Å². The Labute approximate surface area is 113 Å². The topological polar surface area (TPSA) is 70.9 Å². The van der Waals surface area contributed by atoms with Crippen LogP contribution in [0.3, 0.4) is 0 Å². The summed E-state index contributed by atoms with van der Waals surface area (Å²) >= 11 is 0. The predicted molar refractivity (Wildman–Crippen MR) is 79.1 cm³/mol. The molecule has 0 fully saturated rings. The molecule has 0 aliphatic rings. The molecule has 4 nitrogen and oxygen atoms in total. The van der Waals surface area contributed by atoms with Gasteiger partial charge in [0, 0.05) is 23.1 Å². The first-order chi connectivity index (χ1) is 8.91. The number of carbonyl (C=O) groups is 1. The number of nitrogens with two attached hydrogens (primary N) is 1. The second-order valence-corrected chi connectivity index (χ2v) is 5.73. The molecule has 0 saturated carbocycles. The Morgan fingerprint density at radius 2 is 2.11 bits per heavy atom. The number of aromatic nitrogens is 1. The maximum atomic E-state index is 12.1. The highest BCUT2D eigenvalue weighted by atomic mass is 16.1. The number of amides is 1. The molecule has 4 heteroatoms. The molecule has 4 N–H and O–H groups in total. The van der Waals surface area contributed by atoms with E-state index in [4.69, 9.17) is 5.73 Å². The third-order valence-corrected chi connectivity index (χ3v) is 3.57. The average molecular weight is 259 g/mol. The molecular formula is C15H21N3O. The number of hydrogen-bond acceptors (Lipinski definition) is 2. The van der Waals surface area contributed by atoms with Crippen LogP contribution in [0.1, 0.15) is 37.7 Å². The molecule has 0 aliphatic heterocycles. The van der Waals surface area contributed by atoms with Gasteiger partial charge in [-0.25, -0.2) is 0 Å². The van der Waals surface area contributed by atoms with Crippen molar-refractivity contribution in [3.05, 3.63) is 30.0 Å². The Morgan fingerprint density at radius 1 is 1.37 bits per heavy atom. The van der Waals surface area contributed by atoms with Crippen molar-refractivity contribution in [2.24, 2.45) is 5.41 Å². The number of nitrogens with one attached hydrogen (secondary N) is 2. The Hall–Kier alpha value is -1.97. The van der Waals surface area contributed by atoms with Crippen molar-refractivity contribution in [1.29, 1.82) is 0 Å². The lowest BCUT2D eigenvalue weighted by molar-refractivity contribution is 0.0931. The molecule has 0 bridgehead atoms. The van der Waals surface area contributed by atoms with Crippen LogP contribution in [0.25, 0.3) is 10.9 Å². The predicted octanol–water partition coefficient (Wildman–Crippen LogP) is 2.92. The molecule has 0 atom stereocenters. The van der Waals surface area contributed by atoms with Gasteiger partial charge < -0.3 is 16.0 Å². The summed E-state index contributed by atoms with van der Waals surface area (Å²) in [4.78, 5) is 15.2. The quantitative estimate of drug-likeness (QED) is 0.739. The van der Waals surface area contributed by atoms with E-state index in [0.29, 0.717) is 17.9 Å². The van der Waals surface area contributed by atoms with Gasteiger partial charge in [0.05, 0.1) is 0 Å². The zero-order chi connectivity index (χ0) is 14.0. The van der Waals surface area contributed by atoms with Gasteiger partial charge in [-0.2, -0.15) is 0 Å². The van der Waals surface area contributed by atoms with Crippen LogP contribution in [0, 0.1) is 5.41 Å². The van der Waals surface area contributed by atoms with Crippen LogP contribution in [0.15, 0.2) is 24.3 Å². The van der Waals surface area contributed by atoms with Crippen LogP contribution < -0.4 is 11.1 Å². The fourth-order valence-corrected chi connectivity index (χ4v) is 1.81. The Kier molecular flexibility index (Phi) is 3.51. The minimum Gasteiger partial charge on any atom is -0.399 e. The van der Waals surface area contributed by atoms with Gasteiger partial charge in [0.25, 0.3) is 5.91 Å². The highest BCUT2D eigenvalue weighted by Gasteiger charge is 2.17. The van der Waals surface area contributed by atoms with Crippen molar-refractivity contribution in [3.8, 4) is 0 Å². The van der Waals surface area contributed by atoms with Gasteiger partial charge in [0.1, 0.15) is 5.69 Å². The summed E-state index contributed by atoms with van der Waals surface area (Å²) in [6.07, 6.45) is 1.02. The van der Waals surface area contributed by atoms with Crippen LogP contribution >= 0.6 is 0 Å². The third-order valence-electron chi connectivity index (χ3n) is 3.57. The summed E-state index contributed by atoms with van der Waals surface area (Å²) in [5.41, 5.74) is 8.05. The molecular weight excluding hydrogens is 238 g/mol. The first-order valence-corrected chi connectivity index (χ1v) is 6.58. The summed E-state index contributed by atoms with van der Waals surface area (Å²) in [6, 6.07) is 7.40. The number of nitrogen functional groups attached to an aromatic ring is 1. The summed E-state index contributed by atoms with van der Waals surface area (Å²) in [7, 11) is 0. The van der Waals surface area contributed by atoms with E-state index < -0.39 is 0 Å². The first kappa shape index (κ1) is 13.5. The lowest BCUT2D eigenvalue weighted by atomic mass is 9.90. The summed E-state index contributed by atoms with van der Waals surface area (Å²) in [5.74, 6) is -0.0729. The minimum absolute atomic E-state index is 0.0729. The van der Waals surface area contributed by atoms with E-state index in [1.807, 2.05) is 24.3 Å². The number of fused-ring (bicyclic) bond motifs is 1. The normalized spacial score (nSPS) is 11.7. The van der Waals surface area contributed by atoms with E-state index in [9.17, 15) is 4.79 Å². The average Bonchev–Trinajstić information content (AvgIpc) is 2.79. The fraction of sp³-hybridized carbons (Fsp3) is 0.400. The van der Waals surface area contributed by atoms with E-state index in [1.165, 1.54) is 0 Å². The number of benzene rings is 1. The molecule has 2 rings (SSSR count). The minimum atomic E-state index is -0.0729. The smallest absolute Gasteiger partial charge is 0.267 e. The Bertz CT molecular complexity index is 598. The van der Waals surface area contributed by atoms with Crippen molar-refractivity contribution in [2.75, 3.05) is 12.3 Å². The largest absolute Gasteiger partial charge is 0.399 e. The second-order valence-electron chi connectivity index (χ2n) is 5.73. The van der Waals surface area contributed by atoms with Crippen LogP contribution in [0.2, 0.25) is 0 Å². The maximum absolute atomic E-state index is 12.1. The molecule has 1 heterocycles. The van der Waals surface area contributed by atoms with Gasteiger partial charge in [-0.05, 0) is 36.1 Å². The number of anilines is 1. The molecule has 1 amide bonds. The number of aromatic amines is 1.